The monoisotopic (exact) mass is 263 g/mol. The number of rotatable bonds is 8. The number of likely N-dealkylation sites (N-methyl/N-ethyl adjacent to an activating group) is 2. The fourth-order valence-corrected chi connectivity index (χ4v) is 2.57. The summed E-state index contributed by atoms with van der Waals surface area (Å²) in [7, 11) is 4.27. The van der Waals surface area contributed by atoms with Crippen LogP contribution in [0, 0.1) is 0 Å². The Morgan fingerprint density at radius 1 is 1.21 bits per heavy atom. The van der Waals surface area contributed by atoms with Gasteiger partial charge < -0.3 is 10.6 Å². The summed E-state index contributed by atoms with van der Waals surface area (Å²) in [6, 6.07) is 8.79. The lowest BCUT2D eigenvalue weighted by molar-refractivity contribution is 0.180. The summed E-state index contributed by atoms with van der Waals surface area (Å²) >= 11 is 0. The molecule has 19 heavy (non-hydrogen) atoms. The van der Waals surface area contributed by atoms with Crippen molar-refractivity contribution in [3.05, 3.63) is 29.8 Å². The lowest BCUT2D eigenvalue weighted by atomic mass is 10.1. The van der Waals surface area contributed by atoms with Crippen LogP contribution in [0.2, 0.25) is 0 Å². The Balaban J connectivity index is 2.39. The van der Waals surface area contributed by atoms with E-state index in [4.69, 9.17) is 5.73 Å². The average Bonchev–Trinajstić information content (AvgIpc) is 2.35. The molecule has 0 spiro atoms. The van der Waals surface area contributed by atoms with Crippen LogP contribution in [-0.2, 0) is 6.42 Å². The van der Waals surface area contributed by atoms with Crippen LogP contribution in [0.1, 0.15) is 25.8 Å². The number of benzene rings is 1. The molecule has 0 aliphatic carbocycles. The molecule has 1 rings (SSSR count). The number of nitrogens with two attached hydrogens (primary N) is 1. The van der Waals surface area contributed by atoms with E-state index in [2.05, 4.69) is 49.9 Å². The molecule has 0 heterocycles. The Morgan fingerprint density at radius 2 is 1.89 bits per heavy atom. The summed E-state index contributed by atoms with van der Waals surface area (Å²) in [6.45, 7) is 7.91. The van der Waals surface area contributed by atoms with Crippen molar-refractivity contribution in [2.24, 2.45) is 0 Å². The van der Waals surface area contributed by atoms with E-state index in [9.17, 15) is 0 Å². The highest BCUT2D eigenvalue weighted by Gasteiger charge is 2.12. The molecule has 0 aliphatic heterocycles. The maximum atomic E-state index is 5.98. The Labute approximate surface area is 118 Å². The summed E-state index contributed by atoms with van der Waals surface area (Å²) in [5, 5.41) is 0. The van der Waals surface area contributed by atoms with E-state index in [0.717, 1.165) is 31.7 Å². The Kier molecular flexibility index (Phi) is 6.89. The van der Waals surface area contributed by atoms with Crippen LogP contribution >= 0.6 is 0 Å². The van der Waals surface area contributed by atoms with Crippen molar-refractivity contribution in [1.82, 2.24) is 9.80 Å². The Hall–Kier alpha value is -1.06. The number of nitrogens with zero attached hydrogens (tertiary/aromatic N) is 2. The topological polar surface area (TPSA) is 32.5 Å². The quantitative estimate of drug-likeness (QED) is 0.731. The number of anilines is 1. The van der Waals surface area contributed by atoms with Crippen molar-refractivity contribution in [3.8, 4) is 0 Å². The van der Waals surface area contributed by atoms with Crippen LogP contribution in [-0.4, -0.2) is 49.6 Å². The number of nitrogen functional groups attached to an aromatic ring is 1. The first-order chi connectivity index (χ1) is 9.04. The second kappa shape index (κ2) is 8.18. The third kappa shape index (κ3) is 5.62. The Bertz CT molecular complexity index is 363. The van der Waals surface area contributed by atoms with Gasteiger partial charge in [-0.3, -0.25) is 4.90 Å². The fourth-order valence-electron chi connectivity index (χ4n) is 2.57. The van der Waals surface area contributed by atoms with Gasteiger partial charge in [0.2, 0.25) is 0 Å². The molecule has 0 radical (unpaired) electrons. The van der Waals surface area contributed by atoms with Gasteiger partial charge in [-0.1, -0.05) is 25.1 Å². The molecule has 3 nitrogen and oxygen atoms in total. The maximum Gasteiger partial charge on any atom is 0.0346 e. The van der Waals surface area contributed by atoms with Crippen LogP contribution in [0.5, 0.6) is 0 Å². The summed E-state index contributed by atoms with van der Waals surface area (Å²) in [6.07, 6.45) is 2.23. The lowest BCUT2D eigenvalue weighted by Gasteiger charge is -2.30. The molecule has 0 bridgehead atoms. The summed E-state index contributed by atoms with van der Waals surface area (Å²) in [5.74, 6) is 0. The third-order valence-corrected chi connectivity index (χ3v) is 3.61. The van der Waals surface area contributed by atoms with Crippen LogP contribution < -0.4 is 5.73 Å². The molecule has 1 aromatic rings. The van der Waals surface area contributed by atoms with Crippen LogP contribution in [0.15, 0.2) is 24.3 Å². The number of hydrogen-bond donors (Lipinski definition) is 1. The highest BCUT2D eigenvalue weighted by atomic mass is 15.2. The maximum absolute atomic E-state index is 5.98. The molecule has 0 aromatic heterocycles. The van der Waals surface area contributed by atoms with Gasteiger partial charge in [0.15, 0.2) is 0 Å². The van der Waals surface area contributed by atoms with Crippen molar-refractivity contribution < 1.29 is 0 Å². The van der Waals surface area contributed by atoms with Crippen LogP contribution in [0.3, 0.4) is 0 Å². The van der Waals surface area contributed by atoms with E-state index in [-0.39, 0.29) is 0 Å². The van der Waals surface area contributed by atoms with E-state index in [1.54, 1.807) is 0 Å². The molecular formula is C16H29N3. The van der Waals surface area contributed by atoms with Gasteiger partial charge >= 0.3 is 0 Å². The molecule has 1 atom stereocenters. The predicted molar refractivity (Wildman–Crippen MR) is 84.4 cm³/mol. The molecule has 0 amide bonds. The molecule has 1 aromatic carbocycles. The van der Waals surface area contributed by atoms with Crippen LogP contribution in [0.25, 0.3) is 0 Å². The first kappa shape index (κ1) is 16.0. The molecular weight excluding hydrogens is 234 g/mol. The van der Waals surface area contributed by atoms with Gasteiger partial charge in [-0.05, 0) is 58.6 Å². The van der Waals surface area contributed by atoms with Gasteiger partial charge in [0.1, 0.15) is 0 Å². The van der Waals surface area contributed by atoms with Gasteiger partial charge in [0.25, 0.3) is 0 Å². The highest BCUT2D eigenvalue weighted by Crippen LogP contribution is 2.13. The zero-order valence-electron chi connectivity index (χ0n) is 12.9. The lowest BCUT2D eigenvalue weighted by Crippen LogP contribution is -2.40. The Morgan fingerprint density at radius 3 is 2.47 bits per heavy atom. The average molecular weight is 263 g/mol. The van der Waals surface area contributed by atoms with Crippen molar-refractivity contribution in [2.75, 3.05) is 39.5 Å². The normalized spacial score (nSPS) is 13.2. The van der Waals surface area contributed by atoms with E-state index in [1.807, 2.05) is 12.1 Å². The minimum Gasteiger partial charge on any atom is -0.399 e. The van der Waals surface area contributed by atoms with E-state index >= 15 is 0 Å². The zero-order valence-corrected chi connectivity index (χ0v) is 12.9. The standard InChI is InChI=1S/C16H29N3/c1-5-19(14(2)13-18(3)4)12-8-10-15-9-6-7-11-16(15)17/h6-7,9,11,14H,5,8,10,12-13,17H2,1-4H3. The predicted octanol–water partition coefficient (Wildman–Crippen LogP) is 2.47. The summed E-state index contributed by atoms with van der Waals surface area (Å²) < 4.78 is 0. The molecule has 0 saturated heterocycles. The molecule has 1 unspecified atom stereocenters. The summed E-state index contributed by atoms with van der Waals surface area (Å²) in [4.78, 5) is 4.79. The molecule has 108 valence electrons. The minimum atomic E-state index is 0.605. The number of aryl methyl sites for hydroxylation is 1. The molecule has 3 heteroatoms. The van der Waals surface area contributed by atoms with Gasteiger partial charge in [-0.25, -0.2) is 0 Å². The third-order valence-electron chi connectivity index (χ3n) is 3.61. The molecule has 0 fully saturated rings. The second-order valence-electron chi connectivity index (χ2n) is 5.54. The second-order valence-corrected chi connectivity index (χ2v) is 5.54. The molecule has 0 aliphatic rings. The number of para-hydroxylation sites is 1. The van der Waals surface area contributed by atoms with Gasteiger partial charge in [-0.15, -0.1) is 0 Å². The van der Waals surface area contributed by atoms with Gasteiger partial charge in [-0.2, -0.15) is 0 Å². The number of hydrogen-bond acceptors (Lipinski definition) is 3. The minimum absolute atomic E-state index is 0.605. The SMILES string of the molecule is CCN(CCCc1ccccc1N)C(C)CN(C)C. The first-order valence-corrected chi connectivity index (χ1v) is 7.26. The smallest absolute Gasteiger partial charge is 0.0346 e. The largest absolute Gasteiger partial charge is 0.399 e. The molecule has 2 N–H and O–H groups in total. The summed E-state index contributed by atoms with van der Waals surface area (Å²) in [5.41, 5.74) is 8.18. The van der Waals surface area contributed by atoms with Gasteiger partial charge in [0.05, 0.1) is 0 Å². The fraction of sp³-hybridized carbons (Fsp3) is 0.625. The van der Waals surface area contributed by atoms with E-state index < -0.39 is 0 Å². The zero-order chi connectivity index (χ0) is 14.3. The van der Waals surface area contributed by atoms with Crippen molar-refractivity contribution in [3.63, 3.8) is 0 Å². The van der Waals surface area contributed by atoms with Gasteiger partial charge in [0, 0.05) is 18.3 Å². The van der Waals surface area contributed by atoms with Crippen molar-refractivity contribution in [1.29, 1.82) is 0 Å². The molecule has 0 saturated carbocycles. The van der Waals surface area contributed by atoms with Crippen molar-refractivity contribution in [2.45, 2.75) is 32.7 Å². The van der Waals surface area contributed by atoms with Crippen LogP contribution in [0.4, 0.5) is 5.69 Å². The first-order valence-electron chi connectivity index (χ1n) is 7.26. The van der Waals surface area contributed by atoms with E-state index in [1.165, 1.54) is 12.0 Å². The van der Waals surface area contributed by atoms with Crippen molar-refractivity contribution >= 4 is 5.69 Å². The highest BCUT2D eigenvalue weighted by molar-refractivity contribution is 5.46. The van der Waals surface area contributed by atoms with E-state index in [0.29, 0.717) is 6.04 Å².